The zero-order valence-electron chi connectivity index (χ0n) is 15.9. The predicted molar refractivity (Wildman–Crippen MR) is 112 cm³/mol. The van der Waals surface area contributed by atoms with Gasteiger partial charge >= 0.3 is 5.97 Å². The van der Waals surface area contributed by atoms with E-state index < -0.39 is 18.5 Å². The van der Waals surface area contributed by atoms with Gasteiger partial charge in [0.25, 0.3) is 5.91 Å². The molecule has 7 nitrogen and oxygen atoms in total. The Hall–Kier alpha value is -3.52. The zero-order valence-corrected chi connectivity index (χ0v) is 16.7. The van der Waals surface area contributed by atoms with Crippen LogP contribution in [0.1, 0.15) is 21.6 Å². The number of esters is 1. The highest BCUT2D eigenvalue weighted by Crippen LogP contribution is 2.26. The van der Waals surface area contributed by atoms with E-state index in [9.17, 15) is 9.59 Å². The molecule has 0 spiro atoms. The number of hydrogen-bond donors (Lipinski definition) is 2. The molecule has 0 saturated carbocycles. The average molecular weight is 406 g/mol. The molecular weight excluding hydrogens is 388 g/mol. The maximum absolute atomic E-state index is 12.2. The van der Waals surface area contributed by atoms with Gasteiger partial charge < -0.3 is 4.74 Å². The monoisotopic (exact) mass is 406 g/mol. The van der Waals surface area contributed by atoms with Gasteiger partial charge in [0.2, 0.25) is 0 Å². The molecule has 0 saturated heterocycles. The number of fused-ring (bicyclic) bond motifs is 1. The molecule has 2 aromatic heterocycles. The third-order valence-corrected chi connectivity index (χ3v) is 5.31. The van der Waals surface area contributed by atoms with Crippen LogP contribution in [0.5, 0.6) is 0 Å². The van der Waals surface area contributed by atoms with Gasteiger partial charge in [-0.15, -0.1) is 11.3 Å². The minimum Gasteiger partial charge on any atom is -0.451 e. The number of nitrogens with one attached hydrogen (secondary N) is 2. The Kier molecular flexibility index (Phi) is 5.09. The van der Waals surface area contributed by atoms with E-state index in [2.05, 4.69) is 33.5 Å². The molecule has 2 aromatic carbocycles. The summed E-state index contributed by atoms with van der Waals surface area (Å²) in [5.74, 6) is -1.12. The van der Waals surface area contributed by atoms with Crippen LogP contribution in [0, 0.1) is 13.8 Å². The molecule has 4 rings (SSSR count). The van der Waals surface area contributed by atoms with Crippen molar-refractivity contribution >= 4 is 39.2 Å². The molecular formula is C21H18N4O3S. The first-order valence-corrected chi connectivity index (χ1v) is 9.82. The topological polar surface area (TPSA) is 97.0 Å². The van der Waals surface area contributed by atoms with Gasteiger partial charge in [-0.05, 0) is 37.1 Å². The summed E-state index contributed by atoms with van der Waals surface area (Å²) in [6.07, 6.45) is 0. The number of ether oxygens (including phenoxy) is 1. The zero-order chi connectivity index (χ0) is 20.4. The van der Waals surface area contributed by atoms with Crippen molar-refractivity contribution in [2.75, 3.05) is 11.9 Å². The average Bonchev–Trinajstić information content (AvgIpc) is 3.35. The lowest BCUT2D eigenvalue weighted by atomic mass is 10.1. The van der Waals surface area contributed by atoms with Crippen molar-refractivity contribution in [3.05, 3.63) is 64.7 Å². The van der Waals surface area contributed by atoms with Crippen LogP contribution in [0.3, 0.4) is 0 Å². The number of carbonyl (C=O) groups is 2. The smallest absolute Gasteiger partial charge is 0.359 e. The van der Waals surface area contributed by atoms with Crippen molar-refractivity contribution < 1.29 is 14.3 Å². The van der Waals surface area contributed by atoms with Crippen LogP contribution in [0.2, 0.25) is 0 Å². The Morgan fingerprint density at radius 2 is 1.97 bits per heavy atom. The van der Waals surface area contributed by atoms with E-state index in [4.69, 9.17) is 4.74 Å². The maximum atomic E-state index is 12.2. The summed E-state index contributed by atoms with van der Waals surface area (Å²) in [4.78, 5) is 28.8. The quantitative estimate of drug-likeness (QED) is 0.487. The Bertz CT molecular complexity index is 1210. The van der Waals surface area contributed by atoms with E-state index in [0.29, 0.717) is 10.5 Å². The van der Waals surface area contributed by atoms with Crippen LogP contribution in [0.4, 0.5) is 5.13 Å². The molecule has 0 unspecified atom stereocenters. The van der Waals surface area contributed by atoms with Crippen molar-refractivity contribution in [1.29, 1.82) is 0 Å². The largest absolute Gasteiger partial charge is 0.451 e. The van der Waals surface area contributed by atoms with Gasteiger partial charge in [-0.2, -0.15) is 5.10 Å². The standard InChI is InChI=1S/C21H18N4O3S/c1-12-7-8-14(9-13(12)2)17-11-29-21(22-17)23-18(26)10-28-20(27)19-15-5-3-4-6-16(15)24-25-19/h3-9,11H,10H2,1-2H3,(H,24,25)(H,22,23,26). The lowest BCUT2D eigenvalue weighted by Crippen LogP contribution is -2.21. The number of aryl methyl sites for hydroxylation is 2. The fourth-order valence-corrected chi connectivity index (χ4v) is 3.57. The molecule has 0 atom stereocenters. The maximum Gasteiger partial charge on any atom is 0.359 e. The summed E-state index contributed by atoms with van der Waals surface area (Å²) in [7, 11) is 0. The first-order valence-electron chi connectivity index (χ1n) is 8.94. The van der Waals surface area contributed by atoms with E-state index in [1.165, 1.54) is 22.5 Å². The number of para-hydroxylation sites is 1. The van der Waals surface area contributed by atoms with Crippen molar-refractivity contribution in [3.63, 3.8) is 0 Å². The number of aromatic amines is 1. The fourth-order valence-electron chi connectivity index (χ4n) is 2.84. The highest BCUT2D eigenvalue weighted by molar-refractivity contribution is 7.14. The van der Waals surface area contributed by atoms with Crippen LogP contribution in [0.25, 0.3) is 22.2 Å². The summed E-state index contributed by atoms with van der Waals surface area (Å²) in [6.45, 7) is 3.68. The van der Waals surface area contributed by atoms with Crippen LogP contribution >= 0.6 is 11.3 Å². The lowest BCUT2D eigenvalue weighted by Gasteiger charge is -2.04. The van der Waals surface area contributed by atoms with E-state index in [1.54, 1.807) is 18.2 Å². The number of thiazole rings is 1. The van der Waals surface area contributed by atoms with Crippen molar-refractivity contribution in [2.45, 2.75) is 13.8 Å². The van der Waals surface area contributed by atoms with Gasteiger partial charge in [-0.25, -0.2) is 9.78 Å². The number of benzene rings is 2. The normalized spacial score (nSPS) is 10.8. The molecule has 4 aromatic rings. The molecule has 146 valence electrons. The number of amides is 1. The number of anilines is 1. The number of aromatic nitrogens is 3. The van der Waals surface area contributed by atoms with Gasteiger partial charge in [0.15, 0.2) is 17.4 Å². The number of carbonyl (C=O) groups excluding carboxylic acids is 2. The molecule has 2 N–H and O–H groups in total. The molecule has 0 radical (unpaired) electrons. The Labute approximate surface area is 170 Å². The van der Waals surface area contributed by atoms with Crippen LogP contribution < -0.4 is 5.32 Å². The SMILES string of the molecule is Cc1ccc(-c2csc(NC(=O)COC(=O)c3n[nH]c4ccccc34)n2)cc1C. The number of nitrogens with zero attached hydrogens (tertiary/aromatic N) is 2. The second-order valence-corrected chi connectivity index (χ2v) is 7.44. The van der Waals surface area contributed by atoms with Gasteiger partial charge in [0, 0.05) is 16.3 Å². The van der Waals surface area contributed by atoms with Crippen LogP contribution in [-0.2, 0) is 9.53 Å². The third kappa shape index (κ3) is 4.02. The molecule has 2 heterocycles. The summed E-state index contributed by atoms with van der Waals surface area (Å²) < 4.78 is 5.09. The highest BCUT2D eigenvalue weighted by Gasteiger charge is 2.17. The lowest BCUT2D eigenvalue weighted by molar-refractivity contribution is -0.119. The van der Waals surface area contributed by atoms with Crippen LogP contribution in [-0.4, -0.2) is 33.7 Å². The van der Waals surface area contributed by atoms with Gasteiger partial charge in [-0.1, -0.05) is 30.3 Å². The van der Waals surface area contributed by atoms with E-state index >= 15 is 0 Å². The Balaban J connectivity index is 1.37. The van der Waals surface area contributed by atoms with E-state index in [-0.39, 0.29) is 5.69 Å². The minimum absolute atomic E-state index is 0.152. The second-order valence-electron chi connectivity index (χ2n) is 6.58. The number of rotatable bonds is 5. The fraction of sp³-hybridized carbons (Fsp3) is 0.143. The van der Waals surface area contributed by atoms with Crippen molar-refractivity contribution in [1.82, 2.24) is 15.2 Å². The van der Waals surface area contributed by atoms with Gasteiger partial charge in [-0.3, -0.25) is 15.2 Å². The molecule has 0 aliphatic carbocycles. The summed E-state index contributed by atoms with van der Waals surface area (Å²) in [6, 6.07) is 13.3. The Morgan fingerprint density at radius 3 is 2.79 bits per heavy atom. The first kappa shape index (κ1) is 18.8. The van der Waals surface area contributed by atoms with E-state index in [1.807, 2.05) is 30.5 Å². The Morgan fingerprint density at radius 1 is 1.14 bits per heavy atom. The highest BCUT2D eigenvalue weighted by atomic mass is 32.1. The van der Waals surface area contributed by atoms with Crippen molar-refractivity contribution in [2.24, 2.45) is 0 Å². The molecule has 29 heavy (non-hydrogen) atoms. The first-order chi connectivity index (χ1) is 14.0. The molecule has 0 aliphatic heterocycles. The summed E-state index contributed by atoms with van der Waals surface area (Å²) in [5.41, 5.74) is 5.04. The second kappa shape index (κ2) is 7.84. The predicted octanol–water partition coefficient (Wildman–Crippen LogP) is 4.10. The molecule has 8 heteroatoms. The number of hydrogen-bond acceptors (Lipinski definition) is 6. The summed E-state index contributed by atoms with van der Waals surface area (Å²) >= 11 is 1.32. The third-order valence-electron chi connectivity index (χ3n) is 4.55. The van der Waals surface area contributed by atoms with E-state index in [0.717, 1.165) is 16.8 Å². The molecule has 0 fully saturated rings. The van der Waals surface area contributed by atoms with Gasteiger partial charge in [0.1, 0.15) is 0 Å². The minimum atomic E-state index is -0.660. The number of H-pyrrole nitrogens is 1. The van der Waals surface area contributed by atoms with Gasteiger partial charge in [0.05, 0.1) is 11.2 Å². The van der Waals surface area contributed by atoms with Crippen molar-refractivity contribution in [3.8, 4) is 11.3 Å². The molecule has 0 aliphatic rings. The molecule has 1 amide bonds. The summed E-state index contributed by atoms with van der Waals surface area (Å²) in [5, 5.41) is 12.4. The van der Waals surface area contributed by atoms with Crippen LogP contribution in [0.15, 0.2) is 47.8 Å². The molecule has 0 bridgehead atoms.